The number of aliphatic hydroxyl groups excluding tert-OH is 1. The van der Waals surface area contributed by atoms with E-state index >= 15 is 0 Å². The monoisotopic (exact) mass is 259 g/mol. The maximum absolute atomic E-state index is 11.3. The Hall–Kier alpha value is -0.490. The van der Waals surface area contributed by atoms with Gasteiger partial charge in [0.15, 0.2) is 0 Å². The van der Waals surface area contributed by atoms with Gasteiger partial charge in [0.2, 0.25) is 0 Å². The highest BCUT2D eigenvalue weighted by Crippen LogP contribution is 1.91. The molecule has 5 nitrogen and oxygen atoms in total. The van der Waals surface area contributed by atoms with Crippen LogP contribution in [-0.2, 0) is 4.79 Å². The summed E-state index contributed by atoms with van der Waals surface area (Å²) in [5.41, 5.74) is 0. The van der Waals surface area contributed by atoms with E-state index in [9.17, 15) is 9.90 Å². The summed E-state index contributed by atoms with van der Waals surface area (Å²) in [4.78, 5) is 11.3. The molecule has 1 unspecified atom stereocenters. The van der Waals surface area contributed by atoms with E-state index in [0.717, 1.165) is 39.0 Å². The molecule has 0 rings (SSSR count). The molecule has 0 fully saturated rings. The van der Waals surface area contributed by atoms with Crippen LogP contribution >= 0.6 is 0 Å². The molecule has 108 valence electrons. The zero-order valence-electron chi connectivity index (χ0n) is 12.0. The van der Waals surface area contributed by atoms with Crippen molar-refractivity contribution in [2.75, 3.05) is 32.7 Å². The number of carbonyl (C=O) groups is 1. The van der Waals surface area contributed by atoms with Crippen LogP contribution < -0.4 is 16.0 Å². The molecule has 0 spiro atoms. The summed E-state index contributed by atoms with van der Waals surface area (Å²) >= 11 is 0. The van der Waals surface area contributed by atoms with Gasteiger partial charge >= 0.3 is 0 Å². The predicted octanol–water partition coefficient (Wildman–Crippen LogP) is 0.0988. The molecule has 0 aromatic rings. The fourth-order valence-corrected chi connectivity index (χ4v) is 1.42. The Morgan fingerprint density at radius 3 is 2.33 bits per heavy atom. The van der Waals surface area contributed by atoms with Crippen LogP contribution in [0, 0.1) is 5.92 Å². The van der Waals surface area contributed by atoms with E-state index < -0.39 is 6.23 Å². The molecule has 0 heterocycles. The zero-order valence-corrected chi connectivity index (χ0v) is 12.0. The van der Waals surface area contributed by atoms with Crippen LogP contribution in [0.25, 0.3) is 0 Å². The third-order valence-electron chi connectivity index (χ3n) is 2.67. The minimum absolute atomic E-state index is 0.106. The van der Waals surface area contributed by atoms with Crippen molar-refractivity contribution in [2.45, 2.75) is 39.8 Å². The molecule has 18 heavy (non-hydrogen) atoms. The summed E-state index contributed by atoms with van der Waals surface area (Å²) in [6.45, 7) is 9.52. The fraction of sp³-hybridized carbons (Fsp3) is 0.923. The second-order valence-corrected chi connectivity index (χ2v) is 4.81. The SMILES string of the molecule is CCCC(O)NCCNCCNCC(=O)C(C)C. The molecule has 4 N–H and O–H groups in total. The van der Waals surface area contributed by atoms with E-state index in [0.29, 0.717) is 6.54 Å². The minimum atomic E-state index is -0.390. The highest BCUT2D eigenvalue weighted by molar-refractivity contribution is 5.82. The Bertz CT molecular complexity index is 210. The van der Waals surface area contributed by atoms with Gasteiger partial charge in [-0.2, -0.15) is 0 Å². The summed E-state index contributed by atoms with van der Waals surface area (Å²) in [5.74, 6) is 0.356. The molecule has 1 atom stereocenters. The molecule has 0 bridgehead atoms. The number of rotatable bonds is 12. The number of Topliss-reactive ketones (excluding diaryl/α,β-unsaturated/α-hetero) is 1. The number of hydrogen-bond donors (Lipinski definition) is 4. The smallest absolute Gasteiger partial charge is 0.149 e. The van der Waals surface area contributed by atoms with Crippen LogP contribution in [0.4, 0.5) is 0 Å². The maximum atomic E-state index is 11.3. The number of hydrogen-bond acceptors (Lipinski definition) is 5. The van der Waals surface area contributed by atoms with Crippen molar-refractivity contribution < 1.29 is 9.90 Å². The number of ketones is 1. The van der Waals surface area contributed by atoms with Gasteiger partial charge < -0.3 is 15.7 Å². The van der Waals surface area contributed by atoms with Crippen LogP contribution in [0.2, 0.25) is 0 Å². The van der Waals surface area contributed by atoms with Crippen molar-refractivity contribution >= 4 is 5.78 Å². The maximum Gasteiger partial charge on any atom is 0.149 e. The molecule has 0 aliphatic heterocycles. The Morgan fingerprint density at radius 2 is 1.72 bits per heavy atom. The summed E-state index contributed by atoms with van der Waals surface area (Å²) in [7, 11) is 0. The van der Waals surface area contributed by atoms with E-state index in [2.05, 4.69) is 16.0 Å². The second-order valence-electron chi connectivity index (χ2n) is 4.81. The first kappa shape index (κ1) is 17.5. The largest absolute Gasteiger partial charge is 0.379 e. The molecule has 0 aliphatic rings. The average molecular weight is 259 g/mol. The quantitative estimate of drug-likeness (QED) is 0.295. The molecule has 0 saturated carbocycles. The molecule has 5 heteroatoms. The van der Waals surface area contributed by atoms with Gasteiger partial charge in [-0.05, 0) is 6.42 Å². The molecular formula is C13H29N3O2. The molecule has 0 amide bonds. The van der Waals surface area contributed by atoms with Gasteiger partial charge in [0.1, 0.15) is 12.0 Å². The van der Waals surface area contributed by atoms with Crippen molar-refractivity contribution in [1.29, 1.82) is 0 Å². The van der Waals surface area contributed by atoms with Crippen LogP contribution in [-0.4, -0.2) is 49.8 Å². The van der Waals surface area contributed by atoms with E-state index in [4.69, 9.17) is 0 Å². The first-order chi connectivity index (χ1) is 8.57. The van der Waals surface area contributed by atoms with E-state index in [1.165, 1.54) is 0 Å². The molecule has 0 saturated heterocycles. The summed E-state index contributed by atoms with van der Waals surface area (Å²) in [5, 5.41) is 18.8. The molecule has 0 aromatic carbocycles. The summed E-state index contributed by atoms with van der Waals surface area (Å²) in [6, 6.07) is 0. The van der Waals surface area contributed by atoms with Gasteiger partial charge in [-0.3, -0.25) is 10.1 Å². The third kappa shape index (κ3) is 10.7. The summed E-state index contributed by atoms with van der Waals surface area (Å²) in [6.07, 6.45) is 1.38. The zero-order chi connectivity index (χ0) is 13.8. The van der Waals surface area contributed by atoms with E-state index in [1.54, 1.807) is 0 Å². The average Bonchev–Trinajstić information content (AvgIpc) is 2.32. The van der Waals surface area contributed by atoms with Crippen LogP contribution in [0.15, 0.2) is 0 Å². The van der Waals surface area contributed by atoms with E-state index in [-0.39, 0.29) is 11.7 Å². The normalized spacial score (nSPS) is 12.9. The number of nitrogens with one attached hydrogen (secondary N) is 3. The molecule has 0 radical (unpaired) electrons. The molecular weight excluding hydrogens is 230 g/mol. The lowest BCUT2D eigenvalue weighted by Gasteiger charge is -2.12. The van der Waals surface area contributed by atoms with Crippen LogP contribution in [0.3, 0.4) is 0 Å². The van der Waals surface area contributed by atoms with Crippen molar-refractivity contribution in [2.24, 2.45) is 5.92 Å². The van der Waals surface area contributed by atoms with E-state index in [1.807, 2.05) is 20.8 Å². The Labute approximate surface area is 111 Å². The lowest BCUT2D eigenvalue weighted by molar-refractivity contribution is -0.121. The number of aliphatic hydroxyl groups is 1. The topological polar surface area (TPSA) is 73.4 Å². The van der Waals surface area contributed by atoms with Gasteiger partial charge in [0.05, 0.1) is 6.54 Å². The Balaban J connectivity index is 3.19. The lowest BCUT2D eigenvalue weighted by atomic mass is 10.1. The van der Waals surface area contributed by atoms with Crippen LogP contribution in [0.1, 0.15) is 33.6 Å². The summed E-state index contributed by atoms with van der Waals surface area (Å²) < 4.78 is 0. The van der Waals surface area contributed by atoms with Gasteiger partial charge in [-0.25, -0.2) is 0 Å². The second kappa shape index (κ2) is 11.6. The standard InChI is InChI=1S/C13H29N3O2/c1-4-5-13(18)16-9-8-14-6-7-15-10-12(17)11(2)3/h11,13-16,18H,4-10H2,1-3H3. The van der Waals surface area contributed by atoms with Crippen molar-refractivity contribution in [3.8, 4) is 0 Å². The van der Waals surface area contributed by atoms with Gasteiger partial charge in [0.25, 0.3) is 0 Å². The van der Waals surface area contributed by atoms with Gasteiger partial charge in [-0.1, -0.05) is 27.2 Å². The highest BCUT2D eigenvalue weighted by atomic mass is 16.3. The first-order valence-electron chi connectivity index (χ1n) is 6.93. The lowest BCUT2D eigenvalue weighted by Crippen LogP contribution is -2.37. The Kier molecular flexibility index (Phi) is 11.3. The fourth-order valence-electron chi connectivity index (χ4n) is 1.42. The van der Waals surface area contributed by atoms with Gasteiger partial charge in [-0.15, -0.1) is 0 Å². The van der Waals surface area contributed by atoms with Crippen molar-refractivity contribution in [3.63, 3.8) is 0 Å². The van der Waals surface area contributed by atoms with Gasteiger partial charge in [0, 0.05) is 32.1 Å². The Morgan fingerprint density at radius 1 is 1.11 bits per heavy atom. The third-order valence-corrected chi connectivity index (χ3v) is 2.67. The minimum Gasteiger partial charge on any atom is -0.379 e. The van der Waals surface area contributed by atoms with Crippen molar-refractivity contribution in [1.82, 2.24) is 16.0 Å². The van der Waals surface area contributed by atoms with Crippen LogP contribution in [0.5, 0.6) is 0 Å². The number of carbonyl (C=O) groups excluding carboxylic acids is 1. The first-order valence-corrected chi connectivity index (χ1v) is 6.93. The highest BCUT2D eigenvalue weighted by Gasteiger charge is 2.05. The molecule has 0 aliphatic carbocycles. The molecule has 0 aromatic heterocycles. The predicted molar refractivity (Wildman–Crippen MR) is 74.5 cm³/mol. The van der Waals surface area contributed by atoms with Crippen molar-refractivity contribution in [3.05, 3.63) is 0 Å².